The van der Waals surface area contributed by atoms with E-state index in [-0.39, 0.29) is 5.41 Å². The van der Waals surface area contributed by atoms with Crippen LogP contribution >= 0.6 is 0 Å². The van der Waals surface area contributed by atoms with Crippen LogP contribution in [0.25, 0.3) is 60.8 Å². The van der Waals surface area contributed by atoms with Crippen LogP contribution in [0.3, 0.4) is 0 Å². The van der Waals surface area contributed by atoms with Crippen molar-refractivity contribution in [3.63, 3.8) is 0 Å². The highest BCUT2D eigenvalue weighted by Gasteiger charge is 2.36. The van der Waals surface area contributed by atoms with Gasteiger partial charge in [0.1, 0.15) is 0 Å². The highest BCUT2D eigenvalue weighted by Crippen LogP contribution is 2.53. The molecule has 180 valence electrons. The van der Waals surface area contributed by atoms with E-state index in [2.05, 4.69) is 103 Å². The second-order valence-corrected chi connectivity index (χ2v) is 10.7. The van der Waals surface area contributed by atoms with Gasteiger partial charge in [-0.25, -0.2) is 4.98 Å². The monoisotopic (exact) mass is 487 g/mol. The van der Waals surface area contributed by atoms with Crippen molar-refractivity contribution in [3.05, 3.63) is 127 Å². The number of para-hydroxylation sites is 1. The molecule has 2 aromatic heterocycles. The number of nitrogens with zero attached hydrogens (tertiary/aromatic N) is 3. The molecule has 5 aromatic carbocycles. The van der Waals surface area contributed by atoms with Gasteiger partial charge in [0.15, 0.2) is 5.82 Å². The van der Waals surface area contributed by atoms with Crippen LogP contribution in [-0.2, 0) is 5.41 Å². The quantitative estimate of drug-likeness (QED) is 0.244. The van der Waals surface area contributed by atoms with Gasteiger partial charge >= 0.3 is 0 Å². The smallest absolute Gasteiger partial charge is 0.156 e. The normalized spacial score (nSPS) is 13.7. The molecule has 0 saturated heterocycles. The lowest BCUT2D eigenvalue weighted by Gasteiger charge is -2.21. The van der Waals surface area contributed by atoms with Crippen molar-refractivity contribution in [2.45, 2.75) is 19.3 Å². The summed E-state index contributed by atoms with van der Waals surface area (Å²) in [5.41, 5.74) is 9.63. The third-order valence-corrected chi connectivity index (χ3v) is 8.30. The average molecular weight is 488 g/mol. The largest absolute Gasteiger partial charge is 0.292 e. The van der Waals surface area contributed by atoms with E-state index in [0.29, 0.717) is 0 Å². The number of benzene rings is 5. The van der Waals surface area contributed by atoms with Crippen molar-refractivity contribution < 1.29 is 0 Å². The molecule has 0 bridgehead atoms. The van der Waals surface area contributed by atoms with Crippen molar-refractivity contribution in [1.29, 1.82) is 0 Å². The first-order chi connectivity index (χ1) is 18.6. The fourth-order valence-electron chi connectivity index (χ4n) is 6.49. The van der Waals surface area contributed by atoms with Crippen LogP contribution in [0, 0.1) is 0 Å². The molecule has 3 nitrogen and oxygen atoms in total. The van der Waals surface area contributed by atoms with Crippen molar-refractivity contribution in [2.75, 3.05) is 0 Å². The molecule has 1 aliphatic rings. The summed E-state index contributed by atoms with van der Waals surface area (Å²) in [4.78, 5) is 9.82. The molecule has 8 rings (SSSR count). The van der Waals surface area contributed by atoms with Gasteiger partial charge in [-0.3, -0.25) is 9.55 Å². The lowest BCUT2D eigenvalue weighted by Crippen LogP contribution is -2.14. The Hall–Kier alpha value is -4.76. The highest BCUT2D eigenvalue weighted by molar-refractivity contribution is 6.23. The molecule has 0 unspecified atom stereocenters. The van der Waals surface area contributed by atoms with Crippen LogP contribution in [0.2, 0.25) is 0 Å². The summed E-state index contributed by atoms with van der Waals surface area (Å²) >= 11 is 0. The van der Waals surface area contributed by atoms with Crippen LogP contribution in [0.1, 0.15) is 25.0 Å². The van der Waals surface area contributed by atoms with E-state index in [1.54, 1.807) is 0 Å². The first kappa shape index (κ1) is 21.3. The zero-order valence-corrected chi connectivity index (χ0v) is 21.3. The summed E-state index contributed by atoms with van der Waals surface area (Å²) in [6.07, 6.45) is 3.80. The minimum Gasteiger partial charge on any atom is -0.292 e. The number of fused-ring (bicyclic) bond motifs is 9. The molecular formula is C35H25N3. The van der Waals surface area contributed by atoms with Gasteiger partial charge in [0.2, 0.25) is 0 Å². The minimum absolute atomic E-state index is 0.0593. The van der Waals surface area contributed by atoms with Gasteiger partial charge in [0, 0.05) is 27.1 Å². The Balaban J connectivity index is 1.51. The Morgan fingerprint density at radius 1 is 0.632 bits per heavy atom. The Morgan fingerprint density at radius 3 is 2.24 bits per heavy atom. The van der Waals surface area contributed by atoms with E-state index < -0.39 is 0 Å². The molecule has 0 amide bonds. The predicted octanol–water partition coefficient (Wildman–Crippen LogP) is 8.70. The van der Waals surface area contributed by atoms with Crippen molar-refractivity contribution >= 4 is 32.6 Å². The first-order valence-corrected chi connectivity index (χ1v) is 13.1. The Kier molecular flexibility index (Phi) is 4.28. The molecule has 2 heterocycles. The second-order valence-electron chi connectivity index (χ2n) is 10.7. The minimum atomic E-state index is -0.0593. The van der Waals surface area contributed by atoms with Gasteiger partial charge in [-0.1, -0.05) is 111 Å². The molecule has 0 atom stereocenters. The Bertz CT molecular complexity index is 2030. The van der Waals surface area contributed by atoms with Crippen LogP contribution in [0.15, 0.2) is 116 Å². The van der Waals surface area contributed by atoms with E-state index in [1.807, 2.05) is 30.6 Å². The summed E-state index contributed by atoms with van der Waals surface area (Å²) in [5.74, 6) is 0.825. The molecule has 0 spiro atoms. The van der Waals surface area contributed by atoms with Crippen LogP contribution in [-0.4, -0.2) is 14.5 Å². The fourth-order valence-corrected chi connectivity index (χ4v) is 6.49. The van der Waals surface area contributed by atoms with Crippen LogP contribution in [0.4, 0.5) is 0 Å². The zero-order valence-electron chi connectivity index (χ0n) is 21.3. The average Bonchev–Trinajstić information content (AvgIpc) is 3.43. The predicted molar refractivity (Wildman–Crippen MR) is 157 cm³/mol. The molecule has 0 fully saturated rings. The maximum atomic E-state index is 4.97. The number of hydrogen-bond acceptors (Lipinski definition) is 2. The highest BCUT2D eigenvalue weighted by atomic mass is 15.1. The maximum absolute atomic E-state index is 4.97. The van der Waals surface area contributed by atoms with Crippen molar-refractivity contribution in [2.24, 2.45) is 0 Å². The fraction of sp³-hybridized carbons (Fsp3) is 0.0857. The number of hydrogen-bond donors (Lipinski definition) is 0. The van der Waals surface area contributed by atoms with Gasteiger partial charge in [0.25, 0.3) is 0 Å². The molecule has 7 aromatic rings. The Morgan fingerprint density at radius 2 is 1.39 bits per heavy atom. The lowest BCUT2D eigenvalue weighted by atomic mass is 9.82. The second kappa shape index (κ2) is 7.62. The molecule has 1 aliphatic carbocycles. The summed E-state index contributed by atoms with van der Waals surface area (Å²) in [6, 6.07) is 36.9. The molecule has 0 N–H and O–H groups in total. The van der Waals surface area contributed by atoms with E-state index in [1.165, 1.54) is 49.3 Å². The van der Waals surface area contributed by atoms with Crippen LogP contribution in [0.5, 0.6) is 0 Å². The van der Waals surface area contributed by atoms with E-state index >= 15 is 0 Å². The van der Waals surface area contributed by atoms with E-state index in [4.69, 9.17) is 9.97 Å². The standard InChI is InChI=1S/C35H25N3/c1-35(2)27-14-8-6-13-26(27)33-28(35)19-17-23-16-18-25-24-12-7-9-15-30(24)38(34(25)32(23)33)31-21-36-29(20-37-31)22-10-4-3-5-11-22/h3-21H,1-2H3. The molecule has 3 heteroatoms. The number of aromatic nitrogens is 3. The topological polar surface area (TPSA) is 30.7 Å². The molecular weight excluding hydrogens is 462 g/mol. The molecule has 0 radical (unpaired) electrons. The van der Waals surface area contributed by atoms with Crippen molar-refractivity contribution in [3.8, 4) is 28.2 Å². The third kappa shape index (κ3) is 2.79. The van der Waals surface area contributed by atoms with Gasteiger partial charge in [-0.2, -0.15) is 0 Å². The molecule has 0 saturated carbocycles. The SMILES string of the molecule is CC1(C)c2ccccc2-c2c1ccc1ccc3c4ccccc4n(-c4cnc(-c5ccccc5)cn4)c3c21. The van der Waals surface area contributed by atoms with Crippen molar-refractivity contribution in [1.82, 2.24) is 14.5 Å². The summed E-state index contributed by atoms with van der Waals surface area (Å²) in [5, 5.41) is 4.98. The van der Waals surface area contributed by atoms with E-state index in [0.717, 1.165) is 22.6 Å². The van der Waals surface area contributed by atoms with Gasteiger partial charge < -0.3 is 0 Å². The van der Waals surface area contributed by atoms with Crippen LogP contribution < -0.4 is 0 Å². The van der Waals surface area contributed by atoms with Gasteiger partial charge in [-0.15, -0.1) is 0 Å². The van der Waals surface area contributed by atoms with E-state index in [9.17, 15) is 0 Å². The number of rotatable bonds is 2. The maximum Gasteiger partial charge on any atom is 0.156 e. The lowest BCUT2D eigenvalue weighted by molar-refractivity contribution is 0.661. The van der Waals surface area contributed by atoms with Gasteiger partial charge in [-0.05, 0) is 33.7 Å². The summed E-state index contributed by atoms with van der Waals surface area (Å²) in [7, 11) is 0. The zero-order chi connectivity index (χ0) is 25.4. The van der Waals surface area contributed by atoms with Gasteiger partial charge in [0.05, 0.1) is 29.1 Å². The Labute approximate surface area is 221 Å². The summed E-state index contributed by atoms with van der Waals surface area (Å²) in [6.45, 7) is 4.68. The molecule has 0 aliphatic heterocycles. The summed E-state index contributed by atoms with van der Waals surface area (Å²) < 4.78 is 2.31. The third-order valence-electron chi connectivity index (χ3n) is 8.30. The first-order valence-electron chi connectivity index (χ1n) is 13.1. The molecule has 38 heavy (non-hydrogen) atoms.